The van der Waals surface area contributed by atoms with Crippen LogP contribution in [0.4, 0.5) is 0 Å². The van der Waals surface area contributed by atoms with Crippen LogP contribution in [0.5, 0.6) is 0 Å². The monoisotopic (exact) mass is 411 g/mol. The minimum atomic E-state index is -2.26. The highest BCUT2D eigenvalue weighted by molar-refractivity contribution is 7.05. The molecule has 0 aromatic heterocycles. The van der Waals surface area contributed by atoms with E-state index in [9.17, 15) is 9.59 Å². The Balaban J connectivity index is 1.53. The first-order valence-electron chi connectivity index (χ1n) is 10.3. The minimum absolute atomic E-state index is 0.211. The van der Waals surface area contributed by atoms with E-state index in [0.717, 1.165) is 18.4 Å². The third-order valence-electron chi connectivity index (χ3n) is 6.01. The Morgan fingerprint density at radius 2 is 1.43 bits per heavy atom. The minimum Gasteiger partial charge on any atom is -0.292 e. The molecule has 0 heterocycles. The average Bonchev–Trinajstić information content (AvgIpc) is 3.23. The fourth-order valence-corrected chi connectivity index (χ4v) is 7.22. The molecule has 3 nitrogen and oxygen atoms in total. The van der Waals surface area contributed by atoms with Crippen LogP contribution in [0, 0.1) is 0 Å². The number of carbonyl (C=O) groups excluding carboxylic acids is 2. The van der Waals surface area contributed by atoms with Gasteiger partial charge in [-0.15, -0.1) is 0 Å². The number of benzene rings is 3. The van der Waals surface area contributed by atoms with Crippen LogP contribution in [0.25, 0.3) is 0 Å². The van der Waals surface area contributed by atoms with E-state index in [1.165, 1.54) is 15.9 Å². The largest absolute Gasteiger partial charge is 0.292 e. The van der Waals surface area contributed by atoms with Gasteiger partial charge in [-0.05, 0) is 30.0 Å². The van der Waals surface area contributed by atoms with Crippen LogP contribution in [-0.2, 0) is 16.0 Å². The number of hydrogen-bond acceptors (Lipinski definition) is 2. The quantitative estimate of drug-likeness (QED) is 0.517. The Hall–Kier alpha value is -3.24. The van der Waals surface area contributed by atoms with Gasteiger partial charge in [-0.1, -0.05) is 108 Å². The summed E-state index contributed by atoms with van der Waals surface area (Å²) in [7, 11) is -2.26. The van der Waals surface area contributed by atoms with Crippen molar-refractivity contribution in [1.82, 2.24) is 5.32 Å². The van der Waals surface area contributed by atoms with E-state index < -0.39 is 8.07 Å². The summed E-state index contributed by atoms with van der Waals surface area (Å²) in [6.45, 7) is 2.22. The Kier molecular flexibility index (Phi) is 5.77. The molecule has 4 rings (SSSR count). The second-order valence-electron chi connectivity index (χ2n) is 7.91. The van der Waals surface area contributed by atoms with Gasteiger partial charge >= 0.3 is 0 Å². The standard InChI is InChI=1S/C26H25NO2Si/c1-30(21-11-4-2-5-12-21,22-13-6-3-7-14-22)19-18-25(28)27-26(29)24-17-16-20-10-8-9-15-23(20)24/h2-15,18-19,24H,16-17H2,1H3,(H,27,28,29). The second-order valence-corrected chi connectivity index (χ2v) is 11.8. The van der Waals surface area contributed by atoms with Crippen molar-refractivity contribution in [3.63, 3.8) is 0 Å². The number of fused-ring (bicyclic) bond motifs is 1. The molecule has 0 saturated carbocycles. The predicted octanol–water partition coefficient (Wildman–Crippen LogP) is 3.35. The van der Waals surface area contributed by atoms with Crippen LogP contribution in [0.3, 0.4) is 0 Å². The molecule has 30 heavy (non-hydrogen) atoms. The number of aryl methyl sites for hydroxylation is 1. The van der Waals surface area contributed by atoms with Gasteiger partial charge in [0.15, 0.2) is 0 Å². The fraction of sp³-hybridized carbons (Fsp3) is 0.154. The summed E-state index contributed by atoms with van der Waals surface area (Å²) in [5.74, 6) is -0.808. The van der Waals surface area contributed by atoms with Gasteiger partial charge < -0.3 is 0 Å². The molecule has 3 aromatic rings. The lowest BCUT2D eigenvalue weighted by molar-refractivity contribution is -0.129. The molecule has 0 radical (unpaired) electrons. The van der Waals surface area contributed by atoms with E-state index in [2.05, 4.69) is 42.2 Å². The van der Waals surface area contributed by atoms with Crippen molar-refractivity contribution < 1.29 is 9.59 Å². The molecule has 0 aliphatic heterocycles. The zero-order chi connectivity index (χ0) is 21.0. The van der Waals surface area contributed by atoms with Crippen LogP contribution >= 0.6 is 0 Å². The lowest BCUT2D eigenvalue weighted by atomic mass is 10.0. The molecule has 1 unspecified atom stereocenters. The van der Waals surface area contributed by atoms with Gasteiger partial charge in [-0.2, -0.15) is 0 Å². The molecule has 0 saturated heterocycles. The van der Waals surface area contributed by atoms with Crippen molar-refractivity contribution in [2.45, 2.75) is 25.3 Å². The zero-order valence-corrected chi connectivity index (χ0v) is 18.0. The predicted molar refractivity (Wildman–Crippen MR) is 124 cm³/mol. The van der Waals surface area contributed by atoms with Gasteiger partial charge in [0.05, 0.1) is 5.92 Å². The summed E-state index contributed by atoms with van der Waals surface area (Å²) in [4.78, 5) is 25.4. The molecule has 4 heteroatoms. The molecule has 0 bridgehead atoms. The molecular weight excluding hydrogens is 386 g/mol. The Labute approximate surface area is 178 Å². The number of rotatable bonds is 5. The maximum atomic E-state index is 12.7. The molecule has 1 N–H and O–H groups in total. The third-order valence-corrected chi connectivity index (χ3v) is 9.91. The van der Waals surface area contributed by atoms with Crippen molar-refractivity contribution in [1.29, 1.82) is 0 Å². The lowest BCUT2D eigenvalue weighted by Gasteiger charge is -2.25. The highest BCUT2D eigenvalue weighted by atomic mass is 28.3. The molecule has 1 atom stereocenters. The van der Waals surface area contributed by atoms with Crippen LogP contribution < -0.4 is 15.7 Å². The topological polar surface area (TPSA) is 46.2 Å². The van der Waals surface area contributed by atoms with Crippen LogP contribution in [-0.4, -0.2) is 19.9 Å². The highest BCUT2D eigenvalue weighted by Gasteiger charge is 2.31. The third kappa shape index (κ3) is 4.05. The Morgan fingerprint density at radius 3 is 2.07 bits per heavy atom. The van der Waals surface area contributed by atoms with Crippen LogP contribution in [0.15, 0.2) is 96.7 Å². The summed E-state index contributed by atoms with van der Waals surface area (Å²) in [6.07, 6.45) is 3.18. The van der Waals surface area contributed by atoms with E-state index in [0.29, 0.717) is 0 Å². The summed E-state index contributed by atoms with van der Waals surface area (Å²) in [5, 5.41) is 5.03. The molecule has 0 fully saturated rings. The smallest absolute Gasteiger partial charge is 0.249 e. The number of amides is 2. The molecular formula is C26H25NO2Si. The van der Waals surface area contributed by atoms with E-state index >= 15 is 0 Å². The summed E-state index contributed by atoms with van der Waals surface area (Å²) in [6, 6.07) is 28.5. The van der Waals surface area contributed by atoms with Crippen molar-refractivity contribution >= 4 is 30.3 Å². The molecule has 1 aliphatic carbocycles. The normalized spacial score (nSPS) is 15.7. The molecule has 150 valence electrons. The molecule has 0 spiro atoms. The SMILES string of the molecule is C[Si](C=CC(=O)NC(=O)C1CCc2ccccc21)(c1ccccc1)c1ccccc1. The van der Waals surface area contributed by atoms with Gasteiger partial charge in [0.1, 0.15) is 8.07 Å². The van der Waals surface area contributed by atoms with Crippen molar-refractivity contribution in [2.75, 3.05) is 0 Å². The van der Waals surface area contributed by atoms with Crippen LogP contribution in [0.1, 0.15) is 23.5 Å². The van der Waals surface area contributed by atoms with Crippen molar-refractivity contribution in [3.8, 4) is 0 Å². The summed E-state index contributed by atoms with van der Waals surface area (Å²) < 4.78 is 0. The van der Waals surface area contributed by atoms with Gasteiger partial charge in [-0.3, -0.25) is 14.9 Å². The number of carbonyl (C=O) groups is 2. The maximum Gasteiger partial charge on any atom is 0.249 e. The van der Waals surface area contributed by atoms with E-state index in [4.69, 9.17) is 0 Å². The maximum absolute atomic E-state index is 12.7. The van der Waals surface area contributed by atoms with E-state index in [1.54, 1.807) is 6.08 Å². The second kappa shape index (κ2) is 8.64. The zero-order valence-electron chi connectivity index (χ0n) is 17.0. The van der Waals surface area contributed by atoms with Gasteiger partial charge in [0, 0.05) is 0 Å². The first kappa shape index (κ1) is 20.0. The number of hydrogen-bond donors (Lipinski definition) is 1. The van der Waals surface area contributed by atoms with Crippen molar-refractivity contribution in [2.24, 2.45) is 0 Å². The van der Waals surface area contributed by atoms with Gasteiger partial charge in [0.25, 0.3) is 0 Å². The molecule has 1 aliphatic rings. The Bertz CT molecular complexity index is 1040. The lowest BCUT2D eigenvalue weighted by Crippen LogP contribution is -2.54. The van der Waals surface area contributed by atoms with Crippen molar-refractivity contribution in [3.05, 3.63) is 108 Å². The van der Waals surface area contributed by atoms with E-state index in [1.807, 2.05) is 60.3 Å². The summed E-state index contributed by atoms with van der Waals surface area (Å²) >= 11 is 0. The van der Waals surface area contributed by atoms with Crippen LogP contribution in [0.2, 0.25) is 6.55 Å². The summed E-state index contributed by atoms with van der Waals surface area (Å²) in [5.41, 5.74) is 4.26. The number of nitrogens with one attached hydrogen (secondary N) is 1. The number of imide groups is 1. The van der Waals surface area contributed by atoms with Gasteiger partial charge in [0.2, 0.25) is 11.8 Å². The fourth-order valence-electron chi connectivity index (χ4n) is 4.25. The first-order chi connectivity index (χ1) is 14.6. The average molecular weight is 412 g/mol. The molecule has 3 aromatic carbocycles. The first-order valence-corrected chi connectivity index (χ1v) is 12.9. The Morgan fingerprint density at radius 1 is 0.867 bits per heavy atom. The molecule has 2 amide bonds. The highest BCUT2D eigenvalue weighted by Crippen LogP contribution is 2.32. The van der Waals surface area contributed by atoms with Gasteiger partial charge in [-0.25, -0.2) is 0 Å². The van der Waals surface area contributed by atoms with E-state index in [-0.39, 0.29) is 17.7 Å².